The standard InChI is InChI=1S/C13H17NO2S.CH2O2/c1-9(14)7-10-3-5-11(6-4-10)12(15)8-13(16)17-2;2-1-3/h3-6,9H,7-8,14H2,1-2H3;1H,(H,2,3). The maximum Gasteiger partial charge on any atom is 0.290 e. The van der Waals surface area contributed by atoms with Gasteiger partial charge in [-0.2, -0.15) is 0 Å². The highest BCUT2D eigenvalue weighted by Crippen LogP contribution is 2.10. The Morgan fingerprint density at radius 1 is 1.35 bits per heavy atom. The first-order valence-corrected chi connectivity index (χ1v) is 7.19. The van der Waals surface area contributed by atoms with E-state index < -0.39 is 0 Å². The molecule has 1 unspecified atom stereocenters. The molecule has 1 atom stereocenters. The molecule has 0 fully saturated rings. The molecular formula is C14H19NO4S. The Bertz CT molecular complexity index is 443. The van der Waals surface area contributed by atoms with Gasteiger partial charge in [-0.05, 0) is 25.2 Å². The number of thioether (sulfide) groups is 1. The van der Waals surface area contributed by atoms with Crippen molar-refractivity contribution >= 4 is 29.1 Å². The summed E-state index contributed by atoms with van der Waals surface area (Å²) in [4.78, 5) is 31.2. The maximum atomic E-state index is 11.7. The zero-order valence-corrected chi connectivity index (χ0v) is 12.4. The molecule has 0 amide bonds. The van der Waals surface area contributed by atoms with Crippen LogP contribution < -0.4 is 5.73 Å². The summed E-state index contributed by atoms with van der Waals surface area (Å²) in [5, 5.41) is 6.79. The molecule has 110 valence electrons. The van der Waals surface area contributed by atoms with Gasteiger partial charge in [-0.25, -0.2) is 0 Å². The second kappa shape index (κ2) is 10.2. The van der Waals surface area contributed by atoms with Gasteiger partial charge in [0.25, 0.3) is 6.47 Å². The molecule has 1 rings (SSSR count). The number of ketones is 1. The van der Waals surface area contributed by atoms with E-state index in [0.29, 0.717) is 5.56 Å². The SMILES string of the molecule is CSC(=O)CC(=O)c1ccc(CC(C)N)cc1.O=CO. The van der Waals surface area contributed by atoms with Crippen LogP contribution in [0.15, 0.2) is 24.3 Å². The molecule has 5 nitrogen and oxygen atoms in total. The normalized spacial score (nSPS) is 10.9. The summed E-state index contributed by atoms with van der Waals surface area (Å²) in [6.07, 6.45) is 2.44. The van der Waals surface area contributed by atoms with Crippen molar-refractivity contribution in [2.45, 2.75) is 25.8 Å². The molecule has 0 aliphatic carbocycles. The topological polar surface area (TPSA) is 97.5 Å². The van der Waals surface area contributed by atoms with Gasteiger partial charge in [0.15, 0.2) is 10.9 Å². The first kappa shape index (κ1) is 18.3. The lowest BCUT2D eigenvalue weighted by molar-refractivity contribution is -0.122. The molecular weight excluding hydrogens is 278 g/mol. The Morgan fingerprint density at radius 2 is 1.85 bits per heavy atom. The van der Waals surface area contributed by atoms with Crippen LogP contribution in [0.1, 0.15) is 29.3 Å². The lowest BCUT2D eigenvalue weighted by atomic mass is 10.0. The molecule has 0 aromatic heterocycles. The monoisotopic (exact) mass is 297 g/mol. The summed E-state index contributed by atoms with van der Waals surface area (Å²) in [5.41, 5.74) is 7.38. The van der Waals surface area contributed by atoms with E-state index in [1.165, 1.54) is 0 Å². The third-order valence-electron chi connectivity index (χ3n) is 2.37. The van der Waals surface area contributed by atoms with E-state index in [1.54, 1.807) is 18.4 Å². The minimum atomic E-state index is -0.250. The van der Waals surface area contributed by atoms with Crippen molar-refractivity contribution in [3.05, 3.63) is 35.4 Å². The van der Waals surface area contributed by atoms with Crippen LogP contribution in [0, 0.1) is 0 Å². The zero-order valence-electron chi connectivity index (χ0n) is 11.5. The van der Waals surface area contributed by atoms with Crippen LogP contribution in [-0.2, 0) is 16.0 Å². The van der Waals surface area contributed by atoms with Crippen molar-refractivity contribution in [3.63, 3.8) is 0 Å². The molecule has 0 aliphatic rings. The number of hydrogen-bond acceptors (Lipinski definition) is 5. The smallest absolute Gasteiger partial charge is 0.290 e. The third-order valence-corrected chi connectivity index (χ3v) is 2.97. The van der Waals surface area contributed by atoms with Crippen LogP contribution in [0.5, 0.6) is 0 Å². The summed E-state index contributed by atoms with van der Waals surface area (Å²) in [7, 11) is 0. The Hall–Kier alpha value is -1.66. The number of benzene rings is 1. The molecule has 3 N–H and O–H groups in total. The Labute approximate surface area is 122 Å². The first-order valence-electron chi connectivity index (χ1n) is 5.97. The third kappa shape index (κ3) is 7.70. The van der Waals surface area contributed by atoms with Crippen LogP contribution in [0.3, 0.4) is 0 Å². The highest BCUT2D eigenvalue weighted by Gasteiger charge is 2.10. The van der Waals surface area contributed by atoms with Crippen molar-refractivity contribution in [2.75, 3.05) is 6.26 Å². The Morgan fingerprint density at radius 3 is 2.25 bits per heavy atom. The Kier molecular flexibility index (Phi) is 9.32. The van der Waals surface area contributed by atoms with Gasteiger partial charge < -0.3 is 10.8 Å². The van der Waals surface area contributed by atoms with Crippen molar-refractivity contribution in [1.29, 1.82) is 0 Å². The van der Waals surface area contributed by atoms with Crippen molar-refractivity contribution in [3.8, 4) is 0 Å². The maximum absolute atomic E-state index is 11.7. The molecule has 6 heteroatoms. The summed E-state index contributed by atoms with van der Waals surface area (Å²) < 4.78 is 0. The molecule has 0 saturated carbocycles. The molecule has 20 heavy (non-hydrogen) atoms. The van der Waals surface area contributed by atoms with E-state index in [9.17, 15) is 9.59 Å². The van der Waals surface area contributed by atoms with Crippen molar-refractivity contribution < 1.29 is 19.5 Å². The number of Topliss-reactive ketones (excluding diaryl/α,β-unsaturated/α-hetero) is 1. The van der Waals surface area contributed by atoms with Gasteiger partial charge in [-0.1, -0.05) is 36.0 Å². The minimum absolute atomic E-state index is 0.0339. The molecule has 0 spiro atoms. The Balaban J connectivity index is 0.00000110. The first-order chi connectivity index (χ1) is 9.44. The van der Waals surface area contributed by atoms with E-state index in [1.807, 2.05) is 19.1 Å². The molecule has 0 bridgehead atoms. The van der Waals surface area contributed by atoms with Gasteiger partial charge in [0, 0.05) is 11.6 Å². The minimum Gasteiger partial charge on any atom is -0.483 e. The van der Waals surface area contributed by atoms with Crippen LogP contribution >= 0.6 is 11.8 Å². The quantitative estimate of drug-likeness (QED) is 0.488. The molecule has 1 aromatic rings. The van der Waals surface area contributed by atoms with E-state index in [0.717, 1.165) is 23.7 Å². The van der Waals surface area contributed by atoms with Crippen LogP contribution in [-0.4, -0.2) is 34.8 Å². The number of hydrogen-bond donors (Lipinski definition) is 2. The average molecular weight is 297 g/mol. The number of carbonyl (C=O) groups is 3. The van der Waals surface area contributed by atoms with Gasteiger partial charge in [0.2, 0.25) is 0 Å². The number of carbonyl (C=O) groups excluding carboxylic acids is 2. The molecule has 0 heterocycles. The number of nitrogens with two attached hydrogens (primary N) is 1. The summed E-state index contributed by atoms with van der Waals surface area (Å²) in [6.45, 7) is 1.69. The van der Waals surface area contributed by atoms with Gasteiger partial charge in [-0.3, -0.25) is 14.4 Å². The molecule has 0 radical (unpaired) electrons. The highest BCUT2D eigenvalue weighted by atomic mass is 32.2. The van der Waals surface area contributed by atoms with E-state index in [2.05, 4.69) is 0 Å². The predicted octanol–water partition coefficient (Wildman–Crippen LogP) is 1.74. The highest BCUT2D eigenvalue weighted by molar-refractivity contribution is 8.13. The van der Waals surface area contributed by atoms with Crippen LogP contribution in [0.2, 0.25) is 0 Å². The zero-order chi connectivity index (χ0) is 15.5. The largest absolute Gasteiger partial charge is 0.483 e. The fourth-order valence-electron chi connectivity index (χ4n) is 1.50. The van der Waals surface area contributed by atoms with Gasteiger partial charge >= 0.3 is 0 Å². The molecule has 0 saturated heterocycles. The lowest BCUT2D eigenvalue weighted by Gasteiger charge is -2.05. The average Bonchev–Trinajstić information content (AvgIpc) is 2.39. The van der Waals surface area contributed by atoms with Crippen LogP contribution in [0.25, 0.3) is 0 Å². The summed E-state index contributed by atoms with van der Waals surface area (Å²) in [6, 6.07) is 7.40. The van der Waals surface area contributed by atoms with E-state index >= 15 is 0 Å². The van der Waals surface area contributed by atoms with Gasteiger partial charge in [-0.15, -0.1) is 0 Å². The molecule has 0 aliphatic heterocycles. The second-order valence-electron chi connectivity index (χ2n) is 4.16. The van der Waals surface area contributed by atoms with Gasteiger partial charge in [0.05, 0.1) is 6.42 Å². The van der Waals surface area contributed by atoms with Crippen molar-refractivity contribution in [1.82, 2.24) is 0 Å². The summed E-state index contributed by atoms with van der Waals surface area (Å²) in [5.74, 6) is -0.128. The predicted molar refractivity (Wildman–Crippen MR) is 80.0 cm³/mol. The number of rotatable bonds is 5. The summed E-state index contributed by atoms with van der Waals surface area (Å²) >= 11 is 1.08. The second-order valence-corrected chi connectivity index (χ2v) is 5.02. The van der Waals surface area contributed by atoms with Crippen LogP contribution in [0.4, 0.5) is 0 Å². The van der Waals surface area contributed by atoms with E-state index in [4.69, 9.17) is 15.6 Å². The lowest BCUT2D eigenvalue weighted by Crippen LogP contribution is -2.17. The number of carboxylic acid groups (broad SMARTS) is 1. The van der Waals surface area contributed by atoms with Gasteiger partial charge in [0.1, 0.15) is 0 Å². The van der Waals surface area contributed by atoms with E-state index in [-0.39, 0.29) is 29.8 Å². The fourth-order valence-corrected chi connectivity index (χ4v) is 1.78. The molecule has 1 aromatic carbocycles. The van der Waals surface area contributed by atoms with Crippen molar-refractivity contribution in [2.24, 2.45) is 5.73 Å². The fraction of sp³-hybridized carbons (Fsp3) is 0.357.